The number of para-hydroxylation sites is 1. The Bertz CT molecular complexity index is 1660. The van der Waals surface area contributed by atoms with Crippen molar-refractivity contribution in [3.8, 4) is 5.69 Å². The van der Waals surface area contributed by atoms with Crippen LogP contribution in [0, 0.1) is 10.1 Å². The maximum absolute atomic E-state index is 11.1. The molecule has 11 nitrogen and oxygen atoms in total. The molecular weight excluding hydrogens is 518 g/mol. The molecule has 3 aromatic heterocycles. The van der Waals surface area contributed by atoms with Gasteiger partial charge in [0.1, 0.15) is 5.60 Å². The van der Waals surface area contributed by atoms with Gasteiger partial charge in [0.2, 0.25) is 5.89 Å². The molecule has 1 N–H and O–H groups in total. The smallest absolute Gasteiger partial charge is 0.276 e. The number of nitrogens with zero attached hydrogens (tertiary/aromatic N) is 6. The number of non-ortho nitro benzene ring substituents is 1. The molecule has 0 spiro atoms. The van der Waals surface area contributed by atoms with Gasteiger partial charge in [0, 0.05) is 28.8 Å². The van der Waals surface area contributed by atoms with E-state index in [1.807, 2.05) is 0 Å². The first kappa shape index (κ1) is 25.3. The van der Waals surface area contributed by atoms with Crippen molar-refractivity contribution in [1.82, 2.24) is 30.2 Å². The molecule has 0 saturated carbocycles. The van der Waals surface area contributed by atoms with E-state index < -0.39 is 10.5 Å². The molecule has 0 fully saturated rings. The molecule has 1 unspecified atom stereocenters. The molecule has 5 aromatic rings. The van der Waals surface area contributed by atoms with E-state index in [4.69, 9.17) is 9.15 Å². The van der Waals surface area contributed by atoms with E-state index in [2.05, 4.69) is 57.5 Å². The molecule has 0 aliphatic carbocycles. The lowest BCUT2D eigenvalue weighted by Gasteiger charge is -2.35. The predicted molar refractivity (Wildman–Crippen MR) is 145 cm³/mol. The second-order valence-electron chi connectivity index (χ2n) is 9.48. The maximum Gasteiger partial charge on any atom is 0.276 e. The summed E-state index contributed by atoms with van der Waals surface area (Å²) < 4.78 is 14.0. The highest BCUT2D eigenvalue weighted by Crippen LogP contribution is 2.42. The number of thioether (sulfide) groups is 1. The zero-order valence-electron chi connectivity index (χ0n) is 21.6. The van der Waals surface area contributed by atoms with Crippen LogP contribution in [0.15, 0.2) is 58.3 Å². The standard InChI is InChI=1S/C27H27N7O4S/c1-3-17-7-5-10-21-22-11-12-37-27(4-2,25(22)28-24(17)21)14-23-30-31-26(38-23)39-16-18-15-33(32-29-18)19-8-6-9-20(13-19)34(35)36/h5-10,13,15,28H,3-4,11-12,14,16H2,1-2H3. The predicted octanol–water partition coefficient (Wildman–Crippen LogP) is 5.32. The van der Waals surface area contributed by atoms with Crippen LogP contribution in [0.5, 0.6) is 0 Å². The van der Waals surface area contributed by atoms with Crippen molar-refractivity contribution in [2.45, 2.75) is 56.1 Å². The number of nitro groups is 1. The van der Waals surface area contributed by atoms with Crippen molar-refractivity contribution >= 4 is 28.4 Å². The van der Waals surface area contributed by atoms with E-state index in [9.17, 15) is 10.1 Å². The minimum atomic E-state index is -0.562. The quantitative estimate of drug-likeness (QED) is 0.148. The normalized spacial score (nSPS) is 17.0. The van der Waals surface area contributed by atoms with Crippen LogP contribution in [-0.2, 0) is 35.4 Å². The van der Waals surface area contributed by atoms with Crippen LogP contribution >= 0.6 is 11.8 Å². The van der Waals surface area contributed by atoms with Crippen molar-refractivity contribution in [2.24, 2.45) is 0 Å². The summed E-state index contributed by atoms with van der Waals surface area (Å²) in [6.07, 6.45) is 4.79. The van der Waals surface area contributed by atoms with Gasteiger partial charge in [-0.1, -0.05) is 55.1 Å². The van der Waals surface area contributed by atoms with Crippen LogP contribution in [0.4, 0.5) is 5.69 Å². The van der Waals surface area contributed by atoms with Gasteiger partial charge in [-0.05, 0) is 36.5 Å². The number of hydrogen-bond donors (Lipinski definition) is 1. The molecule has 2 aromatic carbocycles. The average Bonchev–Trinajstić information content (AvgIpc) is 3.71. The fourth-order valence-electron chi connectivity index (χ4n) is 5.23. The van der Waals surface area contributed by atoms with Crippen molar-refractivity contribution in [2.75, 3.05) is 6.61 Å². The van der Waals surface area contributed by atoms with Crippen LogP contribution in [-0.4, -0.2) is 41.7 Å². The molecule has 39 heavy (non-hydrogen) atoms. The Morgan fingerprint density at radius 2 is 2.05 bits per heavy atom. The van der Waals surface area contributed by atoms with Gasteiger partial charge in [-0.15, -0.1) is 15.3 Å². The summed E-state index contributed by atoms with van der Waals surface area (Å²) in [7, 11) is 0. The summed E-state index contributed by atoms with van der Waals surface area (Å²) in [6.45, 7) is 4.93. The summed E-state index contributed by atoms with van der Waals surface area (Å²) >= 11 is 1.36. The first-order chi connectivity index (χ1) is 19.0. The number of benzene rings is 2. The summed E-state index contributed by atoms with van der Waals surface area (Å²) in [6, 6.07) is 12.7. The zero-order chi connectivity index (χ0) is 27.0. The SMILES string of the molecule is CCc1cccc2c3c([nH]c12)C(CC)(Cc1nnc(SCc2cn(-c4cccc([N+](=O)[O-])c4)nn2)o1)OCC3. The van der Waals surface area contributed by atoms with Gasteiger partial charge >= 0.3 is 0 Å². The number of rotatable bonds is 9. The van der Waals surface area contributed by atoms with Gasteiger partial charge in [0.05, 0.1) is 41.2 Å². The summed E-state index contributed by atoms with van der Waals surface area (Å²) in [5.41, 5.74) is 5.59. The molecule has 0 amide bonds. The first-order valence-electron chi connectivity index (χ1n) is 12.9. The molecule has 1 atom stereocenters. The van der Waals surface area contributed by atoms with Gasteiger partial charge in [-0.3, -0.25) is 10.1 Å². The summed E-state index contributed by atoms with van der Waals surface area (Å²) in [5, 5.41) is 29.6. The lowest BCUT2D eigenvalue weighted by molar-refractivity contribution is -0.384. The zero-order valence-corrected chi connectivity index (χ0v) is 22.4. The third-order valence-corrected chi connectivity index (χ3v) is 8.09. The molecule has 12 heteroatoms. The number of aromatic amines is 1. The van der Waals surface area contributed by atoms with E-state index in [0.717, 1.165) is 25.0 Å². The van der Waals surface area contributed by atoms with Gasteiger partial charge in [0.25, 0.3) is 10.9 Å². The van der Waals surface area contributed by atoms with E-state index in [-0.39, 0.29) is 5.69 Å². The molecule has 6 rings (SSSR count). The number of aromatic nitrogens is 6. The highest BCUT2D eigenvalue weighted by atomic mass is 32.2. The minimum absolute atomic E-state index is 0.00511. The molecule has 0 bridgehead atoms. The largest absolute Gasteiger partial charge is 0.416 e. The van der Waals surface area contributed by atoms with Crippen molar-refractivity contribution in [1.29, 1.82) is 0 Å². The summed E-state index contributed by atoms with van der Waals surface area (Å²) in [5.74, 6) is 0.972. The van der Waals surface area contributed by atoms with Crippen molar-refractivity contribution < 1.29 is 14.1 Å². The molecule has 200 valence electrons. The number of ether oxygens (including phenoxy) is 1. The van der Waals surface area contributed by atoms with E-state index in [1.165, 1.54) is 50.6 Å². The Balaban J connectivity index is 1.18. The third kappa shape index (κ3) is 4.70. The lowest BCUT2D eigenvalue weighted by Crippen LogP contribution is -2.37. The number of nitrogens with one attached hydrogen (secondary N) is 1. The average molecular weight is 546 g/mol. The highest BCUT2D eigenvalue weighted by Gasteiger charge is 2.40. The third-order valence-electron chi connectivity index (χ3n) is 7.24. The molecule has 4 heterocycles. The van der Waals surface area contributed by atoms with Crippen molar-refractivity contribution in [3.63, 3.8) is 0 Å². The Labute approximate surface area is 228 Å². The van der Waals surface area contributed by atoms with E-state index in [0.29, 0.717) is 41.3 Å². The van der Waals surface area contributed by atoms with Crippen molar-refractivity contribution in [3.05, 3.63) is 87.2 Å². The number of fused-ring (bicyclic) bond motifs is 3. The maximum atomic E-state index is 11.1. The number of nitro benzene ring substituents is 1. The van der Waals surface area contributed by atoms with Gasteiger partial charge in [-0.2, -0.15) is 0 Å². The Kier molecular flexibility index (Phi) is 6.65. The summed E-state index contributed by atoms with van der Waals surface area (Å²) in [4.78, 5) is 14.3. The Morgan fingerprint density at radius 1 is 1.18 bits per heavy atom. The van der Waals surface area contributed by atoms with Crippen LogP contribution in [0.1, 0.15) is 48.7 Å². The van der Waals surface area contributed by atoms with Gasteiger partial charge in [-0.25, -0.2) is 4.68 Å². The number of H-pyrrole nitrogens is 1. The molecular formula is C27H27N7O4S. The Hall–Kier alpha value is -4.03. The van der Waals surface area contributed by atoms with Gasteiger partial charge in [0.15, 0.2) is 0 Å². The molecule has 1 aliphatic rings. The minimum Gasteiger partial charge on any atom is -0.416 e. The number of hydrogen-bond acceptors (Lipinski definition) is 9. The molecule has 1 aliphatic heterocycles. The monoisotopic (exact) mass is 545 g/mol. The number of aryl methyl sites for hydroxylation is 1. The second-order valence-corrected chi connectivity index (χ2v) is 10.4. The van der Waals surface area contributed by atoms with Gasteiger partial charge < -0.3 is 14.1 Å². The van der Waals surface area contributed by atoms with Crippen LogP contribution in [0.2, 0.25) is 0 Å². The van der Waals surface area contributed by atoms with Crippen LogP contribution < -0.4 is 0 Å². The van der Waals surface area contributed by atoms with Crippen LogP contribution in [0.25, 0.3) is 16.6 Å². The lowest BCUT2D eigenvalue weighted by atomic mass is 9.86. The Morgan fingerprint density at radius 3 is 2.87 bits per heavy atom. The highest BCUT2D eigenvalue weighted by molar-refractivity contribution is 7.98. The molecule has 0 saturated heterocycles. The van der Waals surface area contributed by atoms with Crippen LogP contribution in [0.3, 0.4) is 0 Å². The fourth-order valence-corrected chi connectivity index (χ4v) is 5.89. The first-order valence-corrected chi connectivity index (χ1v) is 13.9. The second kappa shape index (κ2) is 10.3. The topological polar surface area (TPSA) is 138 Å². The van der Waals surface area contributed by atoms with E-state index >= 15 is 0 Å². The fraction of sp³-hybridized carbons (Fsp3) is 0.333. The molecule has 0 radical (unpaired) electrons. The van der Waals surface area contributed by atoms with E-state index in [1.54, 1.807) is 18.3 Å².